The van der Waals surface area contributed by atoms with Crippen molar-refractivity contribution in [2.45, 2.75) is 39.0 Å². The molecule has 1 heteroatoms. The third-order valence-electron chi connectivity index (χ3n) is 2.43. The number of benzene rings is 1. The van der Waals surface area contributed by atoms with Crippen LogP contribution in [0.4, 0.5) is 0 Å². The van der Waals surface area contributed by atoms with Crippen LogP contribution in [-0.4, -0.2) is 5.11 Å². The Bertz CT molecular complexity index is 302. The third-order valence-corrected chi connectivity index (χ3v) is 2.43. The minimum absolute atomic E-state index is 0.426. The molecule has 0 aliphatic rings. The molecule has 0 aromatic heterocycles. The summed E-state index contributed by atoms with van der Waals surface area (Å²) < 4.78 is 0. The minimum Gasteiger partial charge on any atom is -0.508 e. The zero-order chi connectivity index (χ0) is 10.9. The highest BCUT2D eigenvalue weighted by Gasteiger charge is 1.97. The highest BCUT2D eigenvalue weighted by molar-refractivity contribution is 5.31. The van der Waals surface area contributed by atoms with Gasteiger partial charge in [0.25, 0.3) is 0 Å². The van der Waals surface area contributed by atoms with Crippen molar-refractivity contribution in [2.24, 2.45) is 0 Å². The van der Waals surface area contributed by atoms with E-state index in [0.717, 1.165) is 24.8 Å². The van der Waals surface area contributed by atoms with E-state index in [9.17, 15) is 5.11 Å². The van der Waals surface area contributed by atoms with Gasteiger partial charge in [-0.2, -0.15) is 0 Å². The molecule has 15 heavy (non-hydrogen) atoms. The lowest BCUT2D eigenvalue weighted by Crippen LogP contribution is -1.84. The number of rotatable bonds is 6. The Morgan fingerprint density at radius 2 is 1.87 bits per heavy atom. The fraction of sp³-hybridized carbons (Fsp3) is 0.429. The second-order valence-electron chi connectivity index (χ2n) is 3.78. The zero-order valence-electron chi connectivity index (χ0n) is 9.45. The lowest BCUT2D eigenvalue weighted by Gasteiger charge is -2.01. The fourth-order valence-electron chi connectivity index (χ4n) is 1.53. The predicted octanol–water partition coefficient (Wildman–Crippen LogP) is 4.07. The number of allylic oxidation sites excluding steroid dienone is 2. The molecule has 1 aromatic carbocycles. The molecule has 0 atom stereocenters. The van der Waals surface area contributed by atoms with Gasteiger partial charge in [-0.1, -0.05) is 43.7 Å². The van der Waals surface area contributed by atoms with Crippen LogP contribution in [0, 0.1) is 0 Å². The summed E-state index contributed by atoms with van der Waals surface area (Å²) in [6.45, 7) is 2.19. The number of para-hydroxylation sites is 1. The molecule has 0 spiro atoms. The molecule has 0 aliphatic heterocycles. The molecular weight excluding hydrogens is 184 g/mol. The first-order valence-electron chi connectivity index (χ1n) is 5.76. The van der Waals surface area contributed by atoms with Gasteiger partial charge in [-0.25, -0.2) is 0 Å². The molecule has 0 saturated heterocycles. The number of aryl methyl sites for hydroxylation is 1. The Morgan fingerprint density at radius 1 is 1.13 bits per heavy atom. The molecule has 1 rings (SSSR count). The fourth-order valence-corrected chi connectivity index (χ4v) is 1.53. The van der Waals surface area contributed by atoms with Gasteiger partial charge in [0.2, 0.25) is 0 Å². The number of phenols is 1. The van der Waals surface area contributed by atoms with Crippen LogP contribution in [0.3, 0.4) is 0 Å². The van der Waals surface area contributed by atoms with E-state index in [1.54, 1.807) is 6.07 Å². The average Bonchev–Trinajstić information content (AvgIpc) is 2.25. The quantitative estimate of drug-likeness (QED) is 0.547. The van der Waals surface area contributed by atoms with Crippen LogP contribution < -0.4 is 0 Å². The topological polar surface area (TPSA) is 20.2 Å². The third kappa shape index (κ3) is 4.68. The van der Waals surface area contributed by atoms with E-state index in [4.69, 9.17) is 0 Å². The monoisotopic (exact) mass is 204 g/mol. The minimum atomic E-state index is 0.426. The van der Waals surface area contributed by atoms with Crippen LogP contribution in [0.5, 0.6) is 5.75 Å². The highest BCUT2D eigenvalue weighted by Crippen LogP contribution is 2.17. The molecule has 0 aliphatic carbocycles. The lowest BCUT2D eigenvalue weighted by molar-refractivity contribution is 0.467. The molecule has 0 saturated carbocycles. The average molecular weight is 204 g/mol. The Hall–Kier alpha value is -1.24. The van der Waals surface area contributed by atoms with E-state index < -0.39 is 0 Å². The van der Waals surface area contributed by atoms with Gasteiger partial charge >= 0.3 is 0 Å². The number of hydrogen-bond acceptors (Lipinski definition) is 1. The van der Waals surface area contributed by atoms with Crippen LogP contribution in [0.1, 0.15) is 38.2 Å². The smallest absolute Gasteiger partial charge is 0.118 e. The Kier molecular flexibility index (Phi) is 5.60. The van der Waals surface area contributed by atoms with E-state index in [0.29, 0.717) is 5.75 Å². The molecule has 1 N–H and O–H groups in total. The van der Waals surface area contributed by atoms with Gasteiger partial charge in [0.1, 0.15) is 5.75 Å². The molecule has 0 amide bonds. The SMILES string of the molecule is CCCC=CCCCc1ccccc1O. The Labute approximate surface area is 92.5 Å². The molecular formula is C14H20O. The second kappa shape index (κ2) is 7.10. The summed E-state index contributed by atoms with van der Waals surface area (Å²) in [6, 6.07) is 7.58. The highest BCUT2D eigenvalue weighted by atomic mass is 16.3. The predicted molar refractivity (Wildman–Crippen MR) is 65.1 cm³/mol. The summed E-state index contributed by atoms with van der Waals surface area (Å²) in [5.74, 6) is 0.426. The lowest BCUT2D eigenvalue weighted by atomic mass is 10.1. The second-order valence-corrected chi connectivity index (χ2v) is 3.78. The Morgan fingerprint density at radius 3 is 2.60 bits per heavy atom. The summed E-state index contributed by atoms with van der Waals surface area (Å²) in [6.07, 6.45) is 10.1. The van der Waals surface area contributed by atoms with E-state index >= 15 is 0 Å². The van der Waals surface area contributed by atoms with Crippen LogP contribution in [0.2, 0.25) is 0 Å². The first-order valence-corrected chi connectivity index (χ1v) is 5.76. The summed E-state index contributed by atoms with van der Waals surface area (Å²) in [5.41, 5.74) is 1.06. The van der Waals surface area contributed by atoms with Crippen molar-refractivity contribution in [1.82, 2.24) is 0 Å². The molecule has 0 radical (unpaired) electrons. The van der Waals surface area contributed by atoms with Crippen LogP contribution >= 0.6 is 0 Å². The van der Waals surface area contributed by atoms with Crippen LogP contribution in [0.15, 0.2) is 36.4 Å². The van der Waals surface area contributed by atoms with Gasteiger partial charge in [0.05, 0.1) is 0 Å². The van der Waals surface area contributed by atoms with Crippen molar-refractivity contribution in [2.75, 3.05) is 0 Å². The van der Waals surface area contributed by atoms with Crippen LogP contribution in [-0.2, 0) is 6.42 Å². The van der Waals surface area contributed by atoms with Gasteiger partial charge < -0.3 is 5.11 Å². The maximum Gasteiger partial charge on any atom is 0.118 e. The number of aromatic hydroxyl groups is 1. The maximum atomic E-state index is 9.53. The summed E-state index contributed by atoms with van der Waals surface area (Å²) in [7, 11) is 0. The normalized spacial score (nSPS) is 11.0. The van der Waals surface area contributed by atoms with Crippen molar-refractivity contribution in [3.63, 3.8) is 0 Å². The van der Waals surface area contributed by atoms with Crippen molar-refractivity contribution in [3.05, 3.63) is 42.0 Å². The first kappa shape index (κ1) is 11.8. The van der Waals surface area contributed by atoms with Gasteiger partial charge in [0.15, 0.2) is 0 Å². The zero-order valence-corrected chi connectivity index (χ0v) is 9.45. The molecule has 82 valence electrons. The standard InChI is InChI=1S/C14H20O/c1-2-3-4-5-6-7-10-13-11-8-9-12-14(13)15/h4-5,8-9,11-12,15H,2-3,6-7,10H2,1H3. The summed E-state index contributed by atoms with van der Waals surface area (Å²) >= 11 is 0. The number of unbranched alkanes of at least 4 members (excludes halogenated alkanes) is 2. The molecule has 0 heterocycles. The first-order chi connectivity index (χ1) is 7.34. The van der Waals surface area contributed by atoms with Crippen molar-refractivity contribution in [3.8, 4) is 5.75 Å². The molecule has 1 aromatic rings. The van der Waals surface area contributed by atoms with Crippen LogP contribution in [0.25, 0.3) is 0 Å². The van der Waals surface area contributed by atoms with E-state index in [-0.39, 0.29) is 0 Å². The molecule has 0 bridgehead atoms. The van der Waals surface area contributed by atoms with Gasteiger partial charge in [-0.15, -0.1) is 0 Å². The summed E-state index contributed by atoms with van der Waals surface area (Å²) in [5, 5.41) is 9.53. The van der Waals surface area contributed by atoms with Crippen molar-refractivity contribution in [1.29, 1.82) is 0 Å². The Balaban J connectivity index is 2.23. The molecule has 0 fully saturated rings. The number of hydrogen-bond donors (Lipinski definition) is 1. The van der Waals surface area contributed by atoms with Gasteiger partial charge in [-0.05, 0) is 37.3 Å². The largest absolute Gasteiger partial charge is 0.508 e. The molecule has 0 unspecified atom stereocenters. The number of phenolic OH excluding ortho intramolecular Hbond substituents is 1. The van der Waals surface area contributed by atoms with E-state index in [1.165, 1.54) is 12.8 Å². The van der Waals surface area contributed by atoms with Gasteiger partial charge in [0, 0.05) is 0 Å². The van der Waals surface area contributed by atoms with Gasteiger partial charge in [-0.3, -0.25) is 0 Å². The van der Waals surface area contributed by atoms with Crippen molar-refractivity contribution < 1.29 is 5.11 Å². The van der Waals surface area contributed by atoms with Crippen molar-refractivity contribution >= 4 is 0 Å². The van der Waals surface area contributed by atoms with E-state index in [1.807, 2.05) is 18.2 Å². The summed E-state index contributed by atoms with van der Waals surface area (Å²) in [4.78, 5) is 0. The van der Waals surface area contributed by atoms with E-state index in [2.05, 4.69) is 19.1 Å². The maximum absolute atomic E-state index is 9.53. The molecule has 1 nitrogen and oxygen atoms in total.